The first-order valence-corrected chi connectivity index (χ1v) is 6.62. The van der Waals surface area contributed by atoms with Crippen LogP contribution in [-0.4, -0.2) is 28.6 Å². The summed E-state index contributed by atoms with van der Waals surface area (Å²) in [6, 6.07) is 1.57. The first kappa shape index (κ1) is 13.3. The molecule has 1 aliphatic rings. The number of carbonyl (C=O) groups is 1. The minimum atomic E-state index is -0.461. The molecule has 1 unspecified atom stereocenters. The van der Waals surface area contributed by atoms with Gasteiger partial charge in [0, 0.05) is 18.9 Å². The SMILES string of the molecule is O=C(NCC(O)C1CCCC1)c1ccncc1Cl. The Kier molecular flexibility index (Phi) is 4.55. The third-order valence-electron chi connectivity index (χ3n) is 3.43. The highest BCUT2D eigenvalue weighted by Gasteiger charge is 2.23. The number of halogens is 1. The number of aliphatic hydroxyl groups is 1. The standard InChI is InChI=1S/C13H17ClN2O2/c14-11-7-15-6-5-10(11)13(18)16-8-12(17)9-3-1-2-4-9/h5-7,9,12,17H,1-4,8H2,(H,16,18). The fourth-order valence-corrected chi connectivity index (χ4v) is 2.57. The molecule has 1 aliphatic carbocycles. The highest BCUT2D eigenvalue weighted by molar-refractivity contribution is 6.33. The normalized spacial score (nSPS) is 17.7. The third-order valence-corrected chi connectivity index (χ3v) is 3.73. The zero-order valence-corrected chi connectivity index (χ0v) is 10.9. The molecule has 0 bridgehead atoms. The van der Waals surface area contributed by atoms with E-state index in [0.717, 1.165) is 12.8 Å². The second-order valence-electron chi connectivity index (χ2n) is 4.68. The summed E-state index contributed by atoms with van der Waals surface area (Å²) in [6.07, 6.45) is 6.94. The van der Waals surface area contributed by atoms with Crippen LogP contribution in [0.2, 0.25) is 5.02 Å². The summed E-state index contributed by atoms with van der Waals surface area (Å²) in [6.45, 7) is 0.280. The van der Waals surface area contributed by atoms with Crippen molar-refractivity contribution >= 4 is 17.5 Å². The van der Waals surface area contributed by atoms with E-state index < -0.39 is 6.10 Å². The lowest BCUT2D eigenvalue weighted by Crippen LogP contribution is -2.35. The Hall–Kier alpha value is -1.13. The van der Waals surface area contributed by atoms with Gasteiger partial charge in [-0.1, -0.05) is 24.4 Å². The minimum absolute atomic E-state index is 0.264. The van der Waals surface area contributed by atoms with Gasteiger partial charge < -0.3 is 10.4 Å². The number of aromatic nitrogens is 1. The highest BCUT2D eigenvalue weighted by Crippen LogP contribution is 2.27. The van der Waals surface area contributed by atoms with Crippen LogP contribution in [0.5, 0.6) is 0 Å². The Bertz CT molecular complexity index is 419. The van der Waals surface area contributed by atoms with E-state index in [0.29, 0.717) is 16.5 Å². The topological polar surface area (TPSA) is 62.2 Å². The summed E-state index contributed by atoms with van der Waals surface area (Å²) in [5, 5.41) is 13.0. The molecule has 18 heavy (non-hydrogen) atoms. The van der Waals surface area contributed by atoms with Crippen molar-refractivity contribution < 1.29 is 9.90 Å². The Morgan fingerprint density at radius 1 is 1.56 bits per heavy atom. The maximum Gasteiger partial charge on any atom is 0.252 e. The van der Waals surface area contributed by atoms with E-state index in [1.807, 2.05) is 0 Å². The Labute approximate surface area is 111 Å². The number of hydrogen-bond acceptors (Lipinski definition) is 3. The number of carbonyl (C=O) groups excluding carboxylic acids is 1. The number of nitrogens with zero attached hydrogens (tertiary/aromatic N) is 1. The van der Waals surface area contributed by atoms with Gasteiger partial charge in [-0.25, -0.2) is 0 Å². The fraction of sp³-hybridized carbons (Fsp3) is 0.538. The zero-order chi connectivity index (χ0) is 13.0. The van der Waals surface area contributed by atoms with Gasteiger partial charge in [0.15, 0.2) is 0 Å². The van der Waals surface area contributed by atoms with Gasteiger partial charge in [-0.15, -0.1) is 0 Å². The number of nitrogens with one attached hydrogen (secondary N) is 1. The van der Waals surface area contributed by atoms with Gasteiger partial charge in [-0.2, -0.15) is 0 Å². The van der Waals surface area contributed by atoms with Crippen LogP contribution in [0, 0.1) is 5.92 Å². The molecule has 0 aromatic carbocycles. The smallest absolute Gasteiger partial charge is 0.252 e. The molecule has 2 N–H and O–H groups in total. The van der Waals surface area contributed by atoms with Crippen LogP contribution >= 0.6 is 11.6 Å². The third kappa shape index (κ3) is 3.21. The molecular weight excluding hydrogens is 252 g/mol. The number of aliphatic hydroxyl groups excluding tert-OH is 1. The lowest BCUT2D eigenvalue weighted by atomic mass is 10.0. The lowest BCUT2D eigenvalue weighted by molar-refractivity contribution is 0.0840. The van der Waals surface area contributed by atoms with E-state index in [-0.39, 0.29) is 12.5 Å². The average Bonchev–Trinajstić information content (AvgIpc) is 2.90. The van der Waals surface area contributed by atoms with E-state index >= 15 is 0 Å². The number of hydrogen-bond donors (Lipinski definition) is 2. The molecule has 0 aliphatic heterocycles. The van der Waals surface area contributed by atoms with Crippen molar-refractivity contribution in [1.82, 2.24) is 10.3 Å². The van der Waals surface area contributed by atoms with Gasteiger partial charge in [0.2, 0.25) is 0 Å². The van der Waals surface area contributed by atoms with Crippen molar-refractivity contribution in [2.45, 2.75) is 31.8 Å². The molecule has 1 heterocycles. The molecule has 0 spiro atoms. The van der Waals surface area contributed by atoms with Crippen molar-refractivity contribution in [3.8, 4) is 0 Å². The molecule has 1 saturated carbocycles. The van der Waals surface area contributed by atoms with Crippen molar-refractivity contribution in [2.24, 2.45) is 5.92 Å². The molecule has 4 nitrogen and oxygen atoms in total. The quantitative estimate of drug-likeness (QED) is 0.878. The van der Waals surface area contributed by atoms with E-state index in [1.54, 1.807) is 6.07 Å². The molecule has 0 saturated heterocycles. The van der Waals surface area contributed by atoms with Crippen LogP contribution in [0.3, 0.4) is 0 Å². The summed E-state index contributed by atoms with van der Waals surface area (Å²) in [5.41, 5.74) is 0.394. The molecular formula is C13H17ClN2O2. The van der Waals surface area contributed by atoms with Crippen LogP contribution in [0.25, 0.3) is 0 Å². The number of amides is 1. The van der Waals surface area contributed by atoms with Gasteiger partial charge in [-0.3, -0.25) is 9.78 Å². The molecule has 0 radical (unpaired) electrons. The van der Waals surface area contributed by atoms with E-state index in [9.17, 15) is 9.90 Å². The fourth-order valence-electron chi connectivity index (χ4n) is 2.36. The molecule has 1 atom stereocenters. The predicted octanol–water partition coefficient (Wildman–Crippen LogP) is 2.02. The first-order valence-electron chi connectivity index (χ1n) is 6.24. The van der Waals surface area contributed by atoms with Crippen molar-refractivity contribution in [3.63, 3.8) is 0 Å². The molecule has 1 fully saturated rings. The van der Waals surface area contributed by atoms with Crippen molar-refractivity contribution in [3.05, 3.63) is 29.0 Å². The Balaban J connectivity index is 1.86. The van der Waals surface area contributed by atoms with Crippen LogP contribution in [-0.2, 0) is 0 Å². The molecule has 98 valence electrons. The zero-order valence-electron chi connectivity index (χ0n) is 10.1. The lowest BCUT2D eigenvalue weighted by Gasteiger charge is -2.18. The van der Waals surface area contributed by atoms with Gasteiger partial charge >= 0.3 is 0 Å². The summed E-state index contributed by atoms with van der Waals surface area (Å²) in [5.74, 6) is 0.0534. The number of pyridine rings is 1. The molecule has 1 amide bonds. The highest BCUT2D eigenvalue weighted by atomic mass is 35.5. The van der Waals surface area contributed by atoms with Gasteiger partial charge in [0.25, 0.3) is 5.91 Å². The average molecular weight is 269 g/mol. The monoisotopic (exact) mass is 268 g/mol. The molecule has 5 heteroatoms. The summed E-state index contributed by atoms with van der Waals surface area (Å²) >= 11 is 5.88. The van der Waals surface area contributed by atoms with E-state index in [2.05, 4.69) is 10.3 Å². The second kappa shape index (κ2) is 6.16. The van der Waals surface area contributed by atoms with E-state index in [1.165, 1.54) is 25.2 Å². The molecule has 1 aromatic heterocycles. The molecule has 2 rings (SSSR count). The van der Waals surface area contributed by atoms with Crippen LogP contribution in [0.1, 0.15) is 36.0 Å². The minimum Gasteiger partial charge on any atom is -0.391 e. The van der Waals surface area contributed by atoms with E-state index in [4.69, 9.17) is 11.6 Å². The summed E-state index contributed by atoms with van der Waals surface area (Å²) in [4.78, 5) is 15.7. The first-order chi connectivity index (χ1) is 8.68. The Morgan fingerprint density at radius 2 is 2.28 bits per heavy atom. The van der Waals surface area contributed by atoms with Gasteiger partial charge in [0.1, 0.15) is 0 Å². The summed E-state index contributed by atoms with van der Waals surface area (Å²) in [7, 11) is 0. The van der Waals surface area contributed by atoms with Crippen LogP contribution in [0.4, 0.5) is 0 Å². The molecule has 1 aromatic rings. The maximum atomic E-state index is 11.9. The maximum absolute atomic E-state index is 11.9. The van der Waals surface area contributed by atoms with Crippen LogP contribution in [0.15, 0.2) is 18.5 Å². The predicted molar refractivity (Wildman–Crippen MR) is 69.5 cm³/mol. The summed E-state index contributed by atoms with van der Waals surface area (Å²) < 4.78 is 0. The van der Waals surface area contributed by atoms with Gasteiger partial charge in [-0.05, 0) is 24.8 Å². The number of rotatable bonds is 4. The second-order valence-corrected chi connectivity index (χ2v) is 5.08. The van der Waals surface area contributed by atoms with Crippen molar-refractivity contribution in [2.75, 3.05) is 6.54 Å². The van der Waals surface area contributed by atoms with Gasteiger partial charge in [0.05, 0.1) is 16.7 Å². The largest absolute Gasteiger partial charge is 0.391 e. The van der Waals surface area contributed by atoms with Crippen molar-refractivity contribution in [1.29, 1.82) is 0 Å². The van der Waals surface area contributed by atoms with Crippen LogP contribution < -0.4 is 5.32 Å². The Morgan fingerprint density at radius 3 is 2.94 bits per heavy atom.